The van der Waals surface area contributed by atoms with Crippen LogP contribution in [0.5, 0.6) is 0 Å². The summed E-state index contributed by atoms with van der Waals surface area (Å²) < 4.78 is 5.69. The molecule has 0 aliphatic carbocycles. The molecule has 14 heavy (non-hydrogen) atoms. The van der Waals surface area contributed by atoms with E-state index in [0.29, 0.717) is 6.10 Å². The summed E-state index contributed by atoms with van der Waals surface area (Å²) in [5.74, 6) is 0. The van der Waals surface area contributed by atoms with Crippen molar-refractivity contribution in [2.24, 2.45) is 0 Å². The van der Waals surface area contributed by atoms with E-state index in [1.54, 1.807) is 0 Å². The third-order valence-corrected chi connectivity index (χ3v) is 3.22. The van der Waals surface area contributed by atoms with Crippen molar-refractivity contribution in [1.82, 2.24) is 4.90 Å². The predicted octanol–water partition coefficient (Wildman–Crippen LogP) is 1.01. The lowest BCUT2D eigenvalue weighted by molar-refractivity contribution is -0.0218. The largest absolute Gasteiger partial charge is 0.392 e. The molecule has 2 aliphatic heterocycles. The minimum atomic E-state index is -0.104. The molecule has 0 aromatic heterocycles. The average molecular weight is 199 g/mol. The summed E-state index contributed by atoms with van der Waals surface area (Å²) in [5, 5.41) is 9.53. The molecule has 0 amide bonds. The molecule has 0 radical (unpaired) electrons. The van der Waals surface area contributed by atoms with Crippen molar-refractivity contribution in [3.63, 3.8) is 0 Å². The second kappa shape index (κ2) is 5.10. The monoisotopic (exact) mass is 199 g/mol. The third kappa shape index (κ3) is 2.94. The summed E-state index contributed by atoms with van der Waals surface area (Å²) in [7, 11) is 0. The van der Waals surface area contributed by atoms with Gasteiger partial charge >= 0.3 is 0 Å². The highest BCUT2D eigenvalue weighted by atomic mass is 16.5. The van der Waals surface area contributed by atoms with Crippen molar-refractivity contribution in [1.29, 1.82) is 0 Å². The summed E-state index contributed by atoms with van der Waals surface area (Å²) in [6.45, 7) is 3.94. The third-order valence-electron chi connectivity index (χ3n) is 3.22. The first kappa shape index (κ1) is 10.4. The van der Waals surface area contributed by atoms with Crippen LogP contribution in [0.25, 0.3) is 0 Å². The first-order valence-electron chi connectivity index (χ1n) is 5.86. The minimum Gasteiger partial charge on any atom is -0.392 e. The average Bonchev–Trinajstić information content (AvgIpc) is 2.19. The second-order valence-corrected chi connectivity index (χ2v) is 4.54. The Balaban J connectivity index is 1.72. The maximum atomic E-state index is 9.53. The summed E-state index contributed by atoms with van der Waals surface area (Å²) in [4.78, 5) is 2.35. The van der Waals surface area contributed by atoms with Crippen molar-refractivity contribution < 1.29 is 9.84 Å². The number of hydrogen-bond acceptors (Lipinski definition) is 3. The van der Waals surface area contributed by atoms with Gasteiger partial charge in [0.2, 0.25) is 0 Å². The van der Waals surface area contributed by atoms with Gasteiger partial charge in [0, 0.05) is 19.7 Å². The van der Waals surface area contributed by atoms with Gasteiger partial charge in [-0.25, -0.2) is 0 Å². The van der Waals surface area contributed by atoms with Gasteiger partial charge in [-0.15, -0.1) is 0 Å². The van der Waals surface area contributed by atoms with Gasteiger partial charge < -0.3 is 9.84 Å². The van der Waals surface area contributed by atoms with Crippen LogP contribution in [0.3, 0.4) is 0 Å². The molecule has 1 N–H and O–H groups in total. The first-order valence-corrected chi connectivity index (χ1v) is 5.86. The van der Waals surface area contributed by atoms with Crippen LogP contribution in [0.4, 0.5) is 0 Å². The minimum absolute atomic E-state index is 0.104. The number of aliphatic hydroxyl groups is 1. The number of β-amino-alcohol motifs (C(OH)–C–C–N with tert-alkyl or cyclic N) is 1. The van der Waals surface area contributed by atoms with E-state index >= 15 is 0 Å². The molecule has 2 rings (SSSR count). The zero-order valence-corrected chi connectivity index (χ0v) is 8.82. The Bertz CT molecular complexity index is 169. The molecule has 0 aromatic rings. The standard InChI is InChI=1S/C11H21NO2/c13-10-4-3-6-12(8-10)9-11-5-1-2-7-14-11/h10-11,13H,1-9H2. The van der Waals surface area contributed by atoms with Gasteiger partial charge in [-0.2, -0.15) is 0 Å². The molecule has 2 heterocycles. The van der Waals surface area contributed by atoms with Crippen LogP contribution in [-0.4, -0.2) is 48.5 Å². The van der Waals surface area contributed by atoms with E-state index in [2.05, 4.69) is 4.90 Å². The highest BCUT2D eigenvalue weighted by Crippen LogP contribution is 2.16. The zero-order valence-electron chi connectivity index (χ0n) is 8.82. The Morgan fingerprint density at radius 3 is 2.86 bits per heavy atom. The van der Waals surface area contributed by atoms with Crippen LogP contribution in [0.1, 0.15) is 32.1 Å². The second-order valence-electron chi connectivity index (χ2n) is 4.54. The van der Waals surface area contributed by atoms with Crippen LogP contribution in [0, 0.1) is 0 Å². The smallest absolute Gasteiger partial charge is 0.0702 e. The summed E-state index contributed by atoms with van der Waals surface area (Å²) >= 11 is 0. The van der Waals surface area contributed by atoms with Gasteiger partial charge in [0.1, 0.15) is 0 Å². The van der Waals surface area contributed by atoms with Crippen LogP contribution < -0.4 is 0 Å². The number of likely N-dealkylation sites (tertiary alicyclic amines) is 1. The summed E-state index contributed by atoms with van der Waals surface area (Å²) in [6, 6.07) is 0. The van der Waals surface area contributed by atoms with Crippen LogP contribution in [0.2, 0.25) is 0 Å². The van der Waals surface area contributed by atoms with Gasteiger partial charge in [-0.1, -0.05) is 0 Å². The van der Waals surface area contributed by atoms with Gasteiger partial charge in [0.05, 0.1) is 12.2 Å². The van der Waals surface area contributed by atoms with Gasteiger partial charge in [-0.3, -0.25) is 4.90 Å². The fourth-order valence-corrected chi connectivity index (χ4v) is 2.44. The number of nitrogens with zero attached hydrogens (tertiary/aromatic N) is 1. The van der Waals surface area contributed by atoms with Crippen molar-refractivity contribution in [3.8, 4) is 0 Å². The Morgan fingerprint density at radius 1 is 1.21 bits per heavy atom. The summed E-state index contributed by atoms with van der Waals surface area (Å²) in [6.07, 6.45) is 6.16. The molecule has 0 aromatic carbocycles. The molecular weight excluding hydrogens is 178 g/mol. The van der Waals surface area contributed by atoms with Crippen LogP contribution in [0.15, 0.2) is 0 Å². The van der Waals surface area contributed by atoms with E-state index in [0.717, 1.165) is 39.1 Å². The molecule has 3 heteroatoms. The topological polar surface area (TPSA) is 32.7 Å². The Hall–Kier alpha value is -0.120. The number of rotatable bonds is 2. The molecular formula is C11H21NO2. The number of ether oxygens (including phenoxy) is 1. The molecule has 2 unspecified atom stereocenters. The highest BCUT2D eigenvalue weighted by molar-refractivity contribution is 4.75. The lowest BCUT2D eigenvalue weighted by Gasteiger charge is -2.34. The predicted molar refractivity (Wildman–Crippen MR) is 55.3 cm³/mol. The summed E-state index contributed by atoms with van der Waals surface area (Å²) in [5.41, 5.74) is 0. The van der Waals surface area contributed by atoms with E-state index in [1.165, 1.54) is 19.3 Å². The Kier molecular flexibility index (Phi) is 3.79. The molecule has 0 spiro atoms. The lowest BCUT2D eigenvalue weighted by atomic mass is 10.1. The van der Waals surface area contributed by atoms with Gasteiger partial charge in [-0.05, 0) is 38.6 Å². The molecule has 3 nitrogen and oxygen atoms in total. The molecule has 0 saturated carbocycles. The number of hydrogen-bond donors (Lipinski definition) is 1. The maximum absolute atomic E-state index is 9.53. The van der Waals surface area contributed by atoms with E-state index in [4.69, 9.17) is 4.74 Å². The Morgan fingerprint density at radius 2 is 2.14 bits per heavy atom. The maximum Gasteiger partial charge on any atom is 0.0702 e. The molecule has 2 atom stereocenters. The highest BCUT2D eigenvalue weighted by Gasteiger charge is 2.22. The molecule has 2 aliphatic rings. The lowest BCUT2D eigenvalue weighted by Crippen LogP contribution is -2.43. The molecule has 0 bridgehead atoms. The van der Waals surface area contributed by atoms with Gasteiger partial charge in [0.25, 0.3) is 0 Å². The van der Waals surface area contributed by atoms with Crippen molar-refractivity contribution in [2.75, 3.05) is 26.2 Å². The fraction of sp³-hybridized carbons (Fsp3) is 1.00. The van der Waals surface area contributed by atoms with Crippen LogP contribution >= 0.6 is 0 Å². The SMILES string of the molecule is OC1CCCN(CC2CCCCO2)C1. The molecule has 2 fully saturated rings. The fourth-order valence-electron chi connectivity index (χ4n) is 2.44. The number of aliphatic hydroxyl groups excluding tert-OH is 1. The van der Waals surface area contributed by atoms with Crippen molar-refractivity contribution in [3.05, 3.63) is 0 Å². The Labute approximate surface area is 86.0 Å². The van der Waals surface area contributed by atoms with E-state index < -0.39 is 0 Å². The van der Waals surface area contributed by atoms with Gasteiger partial charge in [0.15, 0.2) is 0 Å². The normalized spacial score (nSPS) is 35.8. The quantitative estimate of drug-likeness (QED) is 0.720. The number of piperidine rings is 1. The van der Waals surface area contributed by atoms with E-state index in [1.807, 2.05) is 0 Å². The van der Waals surface area contributed by atoms with E-state index in [-0.39, 0.29) is 6.10 Å². The first-order chi connectivity index (χ1) is 6.84. The molecule has 2 saturated heterocycles. The van der Waals surface area contributed by atoms with Crippen molar-refractivity contribution >= 4 is 0 Å². The van der Waals surface area contributed by atoms with Crippen molar-refractivity contribution in [2.45, 2.75) is 44.3 Å². The van der Waals surface area contributed by atoms with Crippen LogP contribution in [-0.2, 0) is 4.74 Å². The zero-order chi connectivity index (χ0) is 9.80. The van der Waals surface area contributed by atoms with E-state index in [9.17, 15) is 5.11 Å². The molecule has 82 valence electrons.